The average molecular weight is 539 g/mol. The minimum atomic E-state index is -3.19. The first kappa shape index (κ1) is 26.2. The van der Waals surface area contributed by atoms with Crippen LogP contribution in [0.5, 0.6) is 0 Å². The van der Waals surface area contributed by atoms with Crippen LogP contribution >= 0.6 is 0 Å². The van der Waals surface area contributed by atoms with Crippen LogP contribution < -0.4 is 0 Å². The Labute approximate surface area is 228 Å². The molecule has 206 valence electrons. The number of carbonyl (C=O) groups is 1. The van der Waals surface area contributed by atoms with Gasteiger partial charge in [0.1, 0.15) is 6.10 Å². The molecule has 3 fully saturated rings. The predicted molar refractivity (Wildman–Crippen MR) is 148 cm³/mol. The molecule has 6 nitrogen and oxygen atoms in total. The molecule has 2 heterocycles. The van der Waals surface area contributed by atoms with Crippen LogP contribution in [0.1, 0.15) is 77.2 Å². The Hall–Kier alpha value is -1.99. The third-order valence-corrected chi connectivity index (χ3v) is 12.5. The van der Waals surface area contributed by atoms with E-state index in [1.165, 1.54) is 46.5 Å². The van der Waals surface area contributed by atoms with Gasteiger partial charge in [-0.25, -0.2) is 12.7 Å². The van der Waals surface area contributed by atoms with Crippen molar-refractivity contribution in [3.8, 4) is 0 Å². The van der Waals surface area contributed by atoms with Crippen molar-refractivity contribution in [3.63, 3.8) is 0 Å². The molecule has 7 heteroatoms. The number of hydrogen-bond acceptors (Lipinski definition) is 5. The lowest BCUT2D eigenvalue weighted by atomic mass is 9.47. The molecule has 0 spiro atoms. The maximum absolute atomic E-state index is 13.0. The first-order chi connectivity index (χ1) is 18.1. The van der Waals surface area contributed by atoms with E-state index in [1.807, 2.05) is 12.4 Å². The maximum atomic E-state index is 13.0. The summed E-state index contributed by atoms with van der Waals surface area (Å²) >= 11 is 0. The highest BCUT2D eigenvalue weighted by molar-refractivity contribution is 7.88. The van der Waals surface area contributed by atoms with Crippen LogP contribution in [0.2, 0.25) is 0 Å². The molecule has 0 N–H and O–H groups in total. The molecule has 0 radical (unpaired) electrons. The predicted octanol–water partition coefficient (Wildman–Crippen LogP) is 5.62. The van der Waals surface area contributed by atoms with Gasteiger partial charge in [-0.1, -0.05) is 37.6 Å². The highest BCUT2D eigenvalue weighted by Crippen LogP contribution is 2.66. The first-order valence-corrected chi connectivity index (χ1v) is 16.4. The van der Waals surface area contributed by atoms with Crippen LogP contribution in [0.25, 0.3) is 5.57 Å². The van der Waals surface area contributed by atoms with Crippen molar-refractivity contribution < 1.29 is 17.9 Å². The molecule has 5 aliphatic rings. The van der Waals surface area contributed by atoms with Crippen LogP contribution in [0.3, 0.4) is 0 Å². The second-order valence-corrected chi connectivity index (χ2v) is 15.0. The van der Waals surface area contributed by atoms with Crippen LogP contribution in [0.15, 0.2) is 42.3 Å². The van der Waals surface area contributed by atoms with Gasteiger partial charge in [0, 0.05) is 31.9 Å². The van der Waals surface area contributed by atoms with Gasteiger partial charge in [0.2, 0.25) is 10.0 Å². The van der Waals surface area contributed by atoms with Gasteiger partial charge in [-0.3, -0.25) is 9.78 Å². The Morgan fingerprint density at radius 2 is 1.79 bits per heavy atom. The number of rotatable bonds is 4. The van der Waals surface area contributed by atoms with Crippen molar-refractivity contribution >= 4 is 21.6 Å². The van der Waals surface area contributed by atoms with E-state index in [0.29, 0.717) is 43.7 Å². The summed E-state index contributed by atoms with van der Waals surface area (Å²) in [4.78, 5) is 17.4. The number of hydrogen-bond donors (Lipinski definition) is 0. The van der Waals surface area contributed by atoms with E-state index in [9.17, 15) is 13.2 Å². The SMILES string of the molecule is C[C@]12CC[C@H](OC(=O)C3CCN(S(C)(=O)=O)CC3)CC1=CC[C@@H]1[C@@H]2CC[C@]2(C)C(c3cccnc3)=CC[C@@H]12. The summed E-state index contributed by atoms with van der Waals surface area (Å²) in [5.74, 6) is 1.76. The number of ether oxygens (including phenoxy) is 1. The standard InChI is InChI=1S/C31H42N2O4S/c1-30-14-10-24(37-29(34)21-12-17-33(18-13-21)38(3,35)36)19-23(30)6-7-25-27-9-8-26(22-5-4-16-32-20-22)31(27,2)15-11-28(25)30/h4-6,8,16,20-21,24-25,27-28H,7,9-15,17-19H2,1-3H3/t24-,25-,27-,28-,30-,31+/m0/s1. The van der Waals surface area contributed by atoms with Crippen LogP contribution in [0.4, 0.5) is 0 Å². The molecule has 0 unspecified atom stereocenters. The Kier molecular flexibility index (Phi) is 6.62. The van der Waals surface area contributed by atoms with E-state index in [4.69, 9.17) is 4.74 Å². The largest absolute Gasteiger partial charge is 0.462 e. The fraction of sp³-hybridized carbons (Fsp3) is 0.677. The third-order valence-electron chi connectivity index (χ3n) is 11.2. The molecule has 4 aliphatic carbocycles. The van der Waals surface area contributed by atoms with E-state index in [0.717, 1.165) is 25.7 Å². The molecule has 1 aromatic heterocycles. The van der Waals surface area contributed by atoms with Crippen molar-refractivity contribution in [2.75, 3.05) is 19.3 Å². The average Bonchev–Trinajstić information content (AvgIpc) is 3.26. The first-order valence-electron chi connectivity index (χ1n) is 14.6. The molecular formula is C31H42N2O4S. The fourth-order valence-electron chi connectivity index (χ4n) is 8.95. The van der Waals surface area contributed by atoms with Gasteiger partial charge in [0.05, 0.1) is 12.2 Å². The number of allylic oxidation sites excluding steroid dienone is 3. The number of piperidine rings is 1. The molecule has 0 bridgehead atoms. The van der Waals surface area contributed by atoms with Crippen LogP contribution in [-0.4, -0.2) is 49.1 Å². The molecule has 6 atom stereocenters. The van der Waals surface area contributed by atoms with Gasteiger partial charge in [0.25, 0.3) is 0 Å². The smallest absolute Gasteiger partial charge is 0.309 e. The molecular weight excluding hydrogens is 496 g/mol. The second-order valence-electron chi connectivity index (χ2n) is 13.0. The molecule has 6 rings (SSSR count). The van der Waals surface area contributed by atoms with E-state index in [-0.39, 0.29) is 28.8 Å². The number of pyridine rings is 1. The topological polar surface area (TPSA) is 76.6 Å². The molecule has 1 aliphatic heterocycles. The van der Waals surface area contributed by atoms with Gasteiger partial charge < -0.3 is 4.74 Å². The van der Waals surface area contributed by atoms with E-state index in [2.05, 4.69) is 43.1 Å². The van der Waals surface area contributed by atoms with Gasteiger partial charge in [-0.05, 0) is 97.2 Å². The molecule has 38 heavy (non-hydrogen) atoms. The normalized spacial score (nSPS) is 37.9. The number of nitrogens with zero attached hydrogens (tertiary/aromatic N) is 2. The summed E-state index contributed by atoms with van der Waals surface area (Å²) < 4.78 is 31.1. The summed E-state index contributed by atoms with van der Waals surface area (Å²) in [6.07, 6.45) is 18.8. The highest BCUT2D eigenvalue weighted by atomic mass is 32.2. The number of esters is 1. The zero-order valence-corrected chi connectivity index (χ0v) is 23.9. The number of fused-ring (bicyclic) bond motifs is 5. The quantitative estimate of drug-likeness (QED) is 0.367. The minimum Gasteiger partial charge on any atom is -0.462 e. The molecule has 1 aromatic rings. The van der Waals surface area contributed by atoms with Crippen molar-refractivity contribution in [3.05, 3.63) is 47.8 Å². The van der Waals surface area contributed by atoms with Gasteiger partial charge in [0.15, 0.2) is 0 Å². The number of sulfonamides is 1. The van der Waals surface area contributed by atoms with E-state index < -0.39 is 10.0 Å². The van der Waals surface area contributed by atoms with Crippen molar-refractivity contribution in [2.24, 2.45) is 34.5 Å². The summed E-state index contributed by atoms with van der Waals surface area (Å²) in [6, 6.07) is 4.27. The molecule has 2 saturated carbocycles. The molecule has 1 saturated heterocycles. The van der Waals surface area contributed by atoms with Crippen molar-refractivity contribution in [1.82, 2.24) is 9.29 Å². The minimum absolute atomic E-state index is 0.0505. The number of aromatic nitrogens is 1. The third kappa shape index (κ3) is 4.38. The second kappa shape index (κ2) is 9.58. The summed E-state index contributed by atoms with van der Waals surface area (Å²) in [6.45, 7) is 5.81. The Morgan fingerprint density at radius 3 is 2.50 bits per heavy atom. The monoisotopic (exact) mass is 538 g/mol. The molecule has 0 aromatic carbocycles. The zero-order valence-electron chi connectivity index (χ0n) is 23.1. The Morgan fingerprint density at radius 1 is 1.03 bits per heavy atom. The van der Waals surface area contributed by atoms with Gasteiger partial charge in [-0.15, -0.1) is 0 Å². The van der Waals surface area contributed by atoms with Gasteiger partial charge >= 0.3 is 5.97 Å². The van der Waals surface area contributed by atoms with E-state index >= 15 is 0 Å². The maximum Gasteiger partial charge on any atom is 0.309 e. The Bertz CT molecular complexity index is 1250. The Balaban J connectivity index is 1.11. The highest BCUT2D eigenvalue weighted by Gasteiger charge is 2.57. The van der Waals surface area contributed by atoms with Gasteiger partial charge in [-0.2, -0.15) is 0 Å². The lowest BCUT2D eigenvalue weighted by Gasteiger charge is -2.58. The fourth-order valence-corrected chi connectivity index (χ4v) is 9.82. The van der Waals surface area contributed by atoms with Crippen LogP contribution in [-0.2, 0) is 19.6 Å². The summed E-state index contributed by atoms with van der Waals surface area (Å²) in [5.41, 5.74) is 4.73. The lowest BCUT2D eigenvalue weighted by molar-refractivity contribution is -0.157. The lowest BCUT2D eigenvalue weighted by Crippen LogP contribution is -2.50. The van der Waals surface area contributed by atoms with Crippen molar-refractivity contribution in [1.29, 1.82) is 0 Å². The molecule has 0 amide bonds. The van der Waals surface area contributed by atoms with Crippen molar-refractivity contribution in [2.45, 2.75) is 77.7 Å². The van der Waals surface area contributed by atoms with Crippen LogP contribution in [0, 0.1) is 34.5 Å². The summed E-state index contributed by atoms with van der Waals surface area (Å²) in [5, 5.41) is 0. The van der Waals surface area contributed by atoms with E-state index in [1.54, 1.807) is 0 Å². The summed E-state index contributed by atoms with van der Waals surface area (Å²) in [7, 11) is -3.19. The zero-order chi connectivity index (χ0) is 26.7. The number of carbonyl (C=O) groups excluding carboxylic acids is 1.